The standard InChI is InChI=1S/C17H19N3/c1-3-13-4-6-14(7-5-13)12-20(2)17-10-15(11-18)8-9-16(17)19/h4-10H,3,12,19H2,1-2H3. The van der Waals surface area contributed by atoms with Gasteiger partial charge in [-0.05, 0) is 35.7 Å². The number of nitrogens with zero attached hydrogens (tertiary/aromatic N) is 2. The highest BCUT2D eigenvalue weighted by atomic mass is 15.1. The molecular weight excluding hydrogens is 246 g/mol. The second-order valence-electron chi connectivity index (χ2n) is 4.91. The minimum absolute atomic E-state index is 0.627. The summed E-state index contributed by atoms with van der Waals surface area (Å²) in [6.07, 6.45) is 1.05. The predicted octanol–water partition coefficient (Wildman–Crippen LogP) is 3.34. The Morgan fingerprint density at radius 2 is 1.75 bits per heavy atom. The van der Waals surface area contributed by atoms with Crippen molar-refractivity contribution in [3.63, 3.8) is 0 Å². The third-order valence-corrected chi connectivity index (χ3v) is 3.42. The molecule has 0 amide bonds. The normalized spacial score (nSPS) is 10.1. The quantitative estimate of drug-likeness (QED) is 0.863. The van der Waals surface area contributed by atoms with E-state index in [4.69, 9.17) is 11.0 Å². The second kappa shape index (κ2) is 6.12. The summed E-state index contributed by atoms with van der Waals surface area (Å²) in [5.74, 6) is 0. The van der Waals surface area contributed by atoms with Crippen molar-refractivity contribution in [3.05, 3.63) is 59.2 Å². The number of nitrogen functional groups attached to an aromatic ring is 1. The van der Waals surface area contributed by atoms with Gasteiger partial charge in [-0.15, -0.1) is 0 Å². The number of hydrogen-bond acceptors (Lipinski definition) is 3. The van der Waals surface area contributed by atoms with Gasteiger partial charge in [0.25, 0.3) is 0 Å². The number of benzene rings is 2. The molecule has 0 bridgehead atoms. The molecule has 0 aliphatic carbocycles. The van der Waals surface area contributed by atoms with Crippen molar-refractivity contribution in [2.75, 3.05) is 17.7 Å². The molecule has 3 heteroatoms. The highest BCUT2D eigenvalue weighted by Crippen LogP contribution is 2.24. The molecule has 0 unspecified atom stereocenters. The van der Waals surface area contributed by atoms with Crippen LogP contribution in [0.5, 0.6) is 0 Å². The van der Waals surface area contributed by atoms with Gasteiger partial charge in [0.15, 0.2) is 0 Å². The Bertz CT molecular complexity index is 624. The fourth-order valence-electron chi connectivity index (χ4n) is 2.18. The lowest BCUT2D eigenvalue weighted by molar-refractivity contribution is 0.922. The molecule has 0 spiro atoms. The molecule has 2 aromatic carbocycles. The third kappa shape index (κ3) is 3.10. The minimum atomic E-state index is 0.627. The fourth-order valence-corrected chi connectivity index (χ4v) is 2.18. The Labute approximate surface area is 120 Å². The van der Waals surface area contributed by atoms with Crippen molar-refractivity contribution < 1.29 is 0 Å². The Morgan fingerprint density at radius 1 is 1.10 bits per heavy atom. The second-order valence-corrected chi connectivity index (χ2v) is 4.91. The van der Waals surface area contributed by atoms with Crippen LogP contribution in [0.2, 0.25) is 0 Å². The van der Waals surface area contributed by atoms with E-state index in [9.17, 15) is 0 Å². The Kier molecular flexibility index (Phi) is 4.27. The summed E-state index contributed by atoms with van der Waals surface area (Å²) in [4.78, 5) is 2.07. The highest BCUT2D eigenvalue weighted by molar-refractivity contribution is 5.69. The molecule has 0 aliphatic heterocycles. The van der Waals surface area contributed by atoms with Gasteiger partial charge < -0.3 is 10.6 Å². The van der Waals surface area contributed by atoms with Crippen molar-refractivity contribution in [3.8, 4) is 6.07 Å². The fraction of sp³-hybridized carbons (Fsp3) is 0.235. The van der Waals surface area contributed by atoms with E-state index in [1.165, 1.54) is 11.1 Å². The topological polar surface area (TPSA) is 53.0 Å². The van der Waals surface area contributed by atoms with Crippen LogP contribution in [-0.2, 0) is 13.0 Å². The van der Waals surface area contributed by atoms with Gasteiger partial charge in [0.1, 0.15) is 0 Å². The van der Waals surface area contributed by atoms with Crippen LogP contribution in [0.15, 0.2) is 42.5 Å². The maximum Gasteiger partial charge on any atom is 0.0992 e. The van der Waals surface area contributed by atoms with Gasteiger partial charge in [-0.3, -0.25) is 0 Å². The van der Waals surface area contributed by atoms with Gasteiger partial charge in [-0.1, -0.05) is 31.2 Å². The maximum atomic E-state index is 8.97. The van der Waals surface area contributed by atoms with Crippen molar-refractivity contribution in [2.24, 2.45) is 0 Å². The third-order valence-electron chi connectivity index (χ3n) is 3.42. The van der Waals surface area contributed by atoms with Gasteiger partial charge in [0.05, 0.1) is 23.0 Å². The van der Waals surface area contributed by atoms with E-state index in [0.29, 0.717) is 11.3 Å². The summed E-state index contributed by atoms with van der Waals surface area (Å²) >= 11 is 0. The van der Waals surface area contributed by atoms with Crippen LogP contribution >= 0.6 is 0 Å². The number of nitriles is 1. The van der Waals surface area contributed by atoms with E-state index in [-0.39, 0.29) is 0 Å². The minimum Gasteiger partial charge on any atom is -0.397 e. The van der Waals surface area contributed by atoms with Crippen LogP contribution in [-0.4, -0.2) is 7.05 Å². The largest absolute Gasteiger partial charge is 0.397 e. The zero-order valence-corrected chi connectivity index (χ0v) is 11.9. The van der Waals surface area contributed by atoms with Crippen molar-refractivity contribution >= 4 is 11.4 Å². The maximum absolute atomic E-state index is 8.97. The molecule has 2 rings (SSSR count). The van der Waals surface area contributed by atoms with E-state index < -0.39 is 0 Å². The van der Waals surface area contributed by atoms with Crippen molar-refractivity contribution in [1.82, 2.24) is 0 Å². The lowest BCUT2D eigenvalue weighted by Gasteiger charge is -2.21. The molecule has 20 heavy (non-hydrogen) atoms. The Hall–Kier alpha value is -2.47. The van der Waals surface area contributed by atoms with Gasteiger partial charge in [-0.25, -0.2) is 0 Å². The number of rotatable bonds is 4. The summed E-state index contributed by atoms with van der Waals surface area (Å²) < 4.78 is 0. The predicted molar refractivity (Wildman–Crippen MR) is 83.5 cm³/mol. The molecule has 0 saturated heterocycles. The molecule has 0 heterocycles. The molecule has 0 saturated carbocycles. The van der Waals surface area contributed by atoms with Crippen molar-refractivity contribution in [1.29, 1.82) is 5.26 Å². The summed E-state index contributed by atoms with van der Waals surface area (Å²) in [6.45, 7) is 2.91. The van der Waals surface area contributed by atoms with Crippen molar-refractivity contribution in [2.45, 2.75) is 19.9 Å². The monoisotopic (exact) mass is 265 g/mol. The number of aryl methyl sites for hydroxylation is 1. The molecular formula is C17H19N3. The van der Waals surface area contributed by atoms with Gasteiger partial charge in [0, 0.05) is 13.6 Å². The number of hydrogen-bond donors (Lipinski definition) is 1. The van der Waals surface area contributed by atoms with Crippen LogP contribution in [0.25, 0.3) is 0 Å². The van der Waals surface area contributed by atoms with Crippen LogP contribution in [0, 0.1) is 11.3 Å². The first-order chi connectivity index (χ1) is 9.63. The molecule has 0 aromatic heterocycles. The number of anilines is 2. The Morgan fingerprint density at radius 3 is 2.35 bits per heavy atom. The van der Waals surface area contributed by atoms with Gasteiger partial charge in [0.2, 0.25) is 0 Å². The molecule has 0 atom stereocenters. The van der Waals surface area contributed by atoms with Gasteiger partial charge >= 0.3 is 0 Å². The molecule has 0 radical (unpaired) electrons. The first kappa shape index (κ1) is 14.0. The average Bonchev–Trinajstić information content (AvgIpc) is 2.48. The first-order valence-electron chi connectivity index (χ1n) is 6.72. The molecule has 2 N–H and O–H groups in total. The SMILES string of the molecule is CCc1ccc(CN(C)c2cc(C#N)ccc2N)cc1. The lowest BCUT2D eigenvalue weighted by Crippen LogP contribution is -2.18. The molecule has 102 valence electrons. The van der Waals surface area contributed by atoms with E-state index in [0.717, 1.165) is 18.7 Å². The van der Waals surface area contributed by atoms with E-state index in [2.05, 4.69) is 42.2 Å². The van der Waals surface area contributed by atoms with Crippen LogP contribution in [0.4, 0.5) is 11.4 Å². The molecule has 3 nitrogen and oxygen atoms in total. The Balaban J connectivity index is 2.18. The average molecular weight is 265 g/mol. The van der Waals surface area contributed by atoms with Crippen LogP contribution in [0.3, 0.4) is 0 Å². The molecule has 2 aromatic rings. The molecule has 0 fully saturated rings. The smallest absolute Gasteiger partial charge is 0.0992 e. The van der Waals surface area contributed by atoms with E-state index in [1.807, 2.05) is 13.1 Å². The van der Waals surface area contributed by atoms with E-state index in [1.54, 1.807) is 12.1 Å². The van der Waals surface area contributed by atoms with Crippen LogP contribution < -0.4 is 10.6 Å². The zero-order chi connectivity index (χ0) is 14.5. The van der Waals surface area contributed by atoms with E-state index >= 15 is 0 Å². The first-order valence-corrected chi connectivity index (χ1v) is 6.72. The highest BCUT2D eigenvalue weighted by Gasteiger charge is 2.07. The summed E-state index contributed by atoms with van der Waals surface area (Å²) in [5.41, 5.74) is 10.8. The lowest BCUT2D eigenvalue weighted by atomic mass is 10.1. The summed E-state index contributed by atoms with van der Waals surface area (Å²) in [6, 6.07) is 16.1. The van der Waals surface area contributed by atoms with Crippen LogP contribution in [0.1, 0.15) is 23.6 Å². The summed E-state index contributed by atoms with van der Waals surface area (Å²) in [7, 11) is 1.99. The summed E-state index contributed by atoms with van der Waals surface area (Å²) in [5, 5.41) is 8.97. The zero-order valence-electron chi connectivity index (χ0n) is 11.9. The molecule has 0 aliphatic rings. The number of nitrogens with two attached hydrogens (primary N) is 1. The van der Waals surface area contributed by atoms with Gasteiger partial charge in [-0.2, -0.15) is 5.26 Å².